The van der Waals surface area contributed by atoms with Crippen molar-refractivity contribution in [3.05, 3.63) is 76.6 Å². The minimum Gasteiger partial charge on any atom is -0.342 e. The largest absolute Gasteiger partial charge is 0.342 e. The van der Waals surface area contributed by atoms with Crippen molar-refractivity contribution in [1.82, 2.24) is 14.5 Å². The van der Waals surface area contributed by atoms with Gasteiger partial charge in [0.15, 0.2) is 0 Å². The van der Waals surface area contributed by atoms with Gasteiger partial charge in [-0.25, -0.2) is 9.37 Å². The Labute approximate surface area is 168 Å². The Bertz CT molecular complexity index is 1060. The molecule has 1 unspecified atom stereocenters. The Hall–Kier alpha value is -3.02. The van der Waals surface area contributed by atoms with Gasteiger partial charge in [0.25, 0.3) is 5.56 Å². The molecule has 1 aromatic heterocycles. The second-order valence-electron chi connectivity index (χ2n) is 7.59. The monoisotopic (exact) mass is 393 g/mol. The SMILES string of the molecule is O=C(CCn1cnc2ccccc2c1=O)N1CCCCC(c2ccc(F)cc2)C1. The van der Waals surface area contributed by atoms with Gasteiger partial charge >= 0.3 is 0 Å². The Balaban J connectivity index is 1.44. The number of rotatable bonds is 4. The zero-order valence-corrected chi connectivity index (χ0v) is 16.3. The summed E-state index contributed by atoms with van der Waals surface area (Å²) in [5.74, 6) is 0.0101. The van der Waals surface area contributed by atoms with Crippen molar-refractivity contribution >= 4 is 16.8 Å². The second kappa shape index (κ2) is 8.55. The lowest BCUT2D eigenvalue weighted by Crippen LogP contribution is -2.35. The van der Waals surface area contributed by atoms with E-state index in [1.165, 1.54) is 23.0 Å². The van der Waals surface area contributed by atoms with E-state index in [1.54, 1.807) is 12.1 Å². The summed E-state index contributed by atoms with van der Waals surface area (Å²) in [5.41, 5.74) is 1.61. The van der Waals surface area contributed by atoms with Gasteiger partial charge in [-0.05, 0) is 42.7 Å². The minimum atomic E-state index is -0.246. The topological polar surface area (TPSA) is 55.2 Å². The summed E-state index contributed by atoms with van der Waals surface area (Å²) in [6.45, 7) is 1.67. The number of aryl methyl sites for hydroxylation is 1. The van der Waals surface area contributed by atoms with Crippen LogP contribution in [-0.4, -0.2) is 33.4 Å². The zero-order valence-electron chi connectivity index (χ0n) is 16.3. The molecule has 29 heavy (non-hydrogen) atoms. The van der Waals surface area contributed by atoms with E-state index >= 15 is 0 Å². The third kappa shape index (κ3) is 4.36. The first kappa shape index (κ1) is 19.3. The number of carbonyl (C=O) groups is 1. The molecule has 5 nitrogen and oxygen atoms in total. The Morgan fingerprint density at radius 1 is 1.10 bits per heavy atom. The average Bonchev–Trinajstić information content (AvgIpc) is 3.00. The van der Waals surface area contributed by atoms with E-state index < -0.39 is 0 Å². The van der Waals surface area contributed by atoms with Crippen molar-refractivity contribution < 1.29 is 9.18 Å². The minimum absolute atomic E-state index is 0.0408. The van der Waals surface area contributed by atoms with Gasteiger partial charge in [0.05, 0.1) is 17.2 Å². The van der Waals surface area contributed by atoms with Gasteiger partial charge in [0, 0.05) is 32.0 Å². The highest BCUT2D eigenvalue weighted by Crippen LogP contribution is 2.27. The van der Waals surface area contributed by atoms with E-state index in [-0.39, 0.29) is 29.6 Å². The van der Waals surface area contributed by atoms with Crippen LogP contribution in [0.1, 0.15) is 37.2 Å². The van der Waals surface area contributed by atoms with Crippen molar-refractivity contribution in [2.75, 3.05) is 13.1 Å². The molecule has 0 spiro atoms. The maximum absolute atomic E-state index is 13.2. The summed E-state index contributed by atoms with van der Waals surface area (Å²) in [7, 11) is 0. The quantitative estimate of drug-likeness (QED) is 0.679. The molecule has 0 saturated carbocycles. The smallest absolute Gasteiger partial charge is 0.261 e. The first-order valence-electron chi connectivity index (χ1n) is 10.1. The number of amides is 1. The fourth-order valence-electron chi connectivity index (χ4n) is 4.02. The van der Waals surface area contributed by atoms with Gasteiger partial charge in [-0.1, -0.05) is 30.7 Å². The summed E-state index contributed by atoms with van der Waals surface area (Å²) in [4.78, 5) is 31.7. The number of hydrogen-bond acceptors (Lipinski definition) is 3. The third-order valence-corrected chi connectivity index (χ3v) is 5.66. The van der Waals surface area contributed by atoms with E-state index in [1.807, 2.05) is 29.2 Å². The van der Waals surface area contributed by atoms with Crippen LogP contribution in [0.2, 0.25) is 0 Å². The lowest BCUT2D eigenvalue weighted by molar-refractivity contribution is -0.131. The van der Waals surface area contributed by atoms with Gasteiger partial charge in [-0.2, -0.15) is 0 Å². The van der Waals surface area contributed by atoms with Crippen molar-refractivity contribution in [2.24, 2.45) is 0 Å². The van der Waals surface area contributed by atoms with Crippen LogP contribution >= 0.6 is 0 Å². The van der Waals surface area contributed by atoms with Crippen LogP contribution in [0, 0.1) is 5.82 Å². The molecule has 1 atom stereocenters. The van der Waals surface area contributed by atoms with Gasteiger partial charge in [-0.15, -0.1) is 0 Å². The van der Waals surface area contributed by atoms with E-state index in [9.17, 15) is 14.0 Å². The summed E-state index contributed by atoms with van der Waals surface area (Å²) >= 11 is 0. The Morgan fingerprint density at radius 3 is 2.72 bits per heavy atom. The average molecular weight is 393 g/mol. The maximum atomic E-state index is 13.2. The number of para-hydroxylation sites is 1. The normalized spacial score (nSPS) is 17.3. The Morgan fingerprint density at radius 2 is 1.90 bits per heavy atom. The van der Waals surface area contributed by atoms with Crippen LogP contribution in [0.4, 0.5) is 4.39 Å². The summed E-state index contributed by atoms with van der Waals surface area (Å²) in [6.07, 6.45) is 4.77. The van der Waals surface area contributed by atoms with Gasteiger partial charge < -0.3 is 4.90 Å². The molecule has 1 saturated heterocycles. The first-order valence-corrected chi connectivity index (χ1v) is 10.1. The number of hydrogen-bond donors (Lipinski definition) is 0. The third-order valence-electron chi connectivity index (χ3n) is 5.66. The molecule has 4 rings (SSSR count). The Kier molecular flexibility index (Phi) is 5.69. The highest BCUT2D eigenvalue weighted by atomic mass is 19.1. The predicted molar refractivity (Wildman–Crippen MR) is 110 cm³/mol. The molecule has 150 valence electrons. The van der Waals surface area contributed by atoms with Crippen LogP contribution in [0.5, 0.6) is 0 Å². The van der Waals surface area contributed by atoms with Crippen LogP contribution in [0.25, 0.3) is 10.9 Å². The summed E-state index contributed by atoms with van der Waals surface area (Å²) in [6, 6.07) is 13.8. The molecule has 0 aliphatic carbocycles. The molecule has 0 N–H and O–H groups in total. The molecule has 3 aromatic rings. The molecule has 1 aliphatic heterocycles. The van der Waals surface area contributed by atoms with E-state index in [0.717, 1.165) is 31.4 Å². The van der Waals surface area contributed by atoms with E-state index in [2.05, 4.69) is 4.98 Å². The van der Waals surface area contributed by atoms with Crippen LogP contribution in [0.15, 0.2) is 59.7 Å². The van der Waals surface area contributed by atoms with Gasteiger partial charge in [-0.3, -0.25) is 14.2 Å². The first-order chi connectivity index (χ1) is 14.1. The molecule has 6 heteroatoms. The molecule has 1 aliphatic rings. The standard InChI is InChI=1S/C23H24FN3O2/c24-19-10-8-17(9-11-19)18-5-3-4-13-26(15-18)22(28)12-14-27-16-25-21-7-2-1-6-20(21)23(27)29/h1-2,6-11,16,18H,3-5,12-15H2. The lowest BCUT2D eigenvalue weighted by atomic mass is 9.94. The highest BCUT2D eigenvalue weighted by molar-refractivity contribution is 5.77. The van der Waals surface area contributed by atoms with Gasteiger partial charge in [0.2, 0.25) is 5.91 Å². The molecular formula is C23H24FN3O2. The van der Waals surface area contributed by atoms with Gasteiger partial charge in [0.1, 0.15) is 5.82 Å². The number of aromatic nitrogens is 2. The summed E-state index contributed by atoms with van der Waals surface area (Å²) < 4.78 is 14.7. The van der Waals surface area contributed by atoms with E-state index in [0.29, 0.717) is 24.0 Å². The molecule has 1 fully saturated rings. The fourth-order valence-corrected chi connectivity index (χ4v) is 4.02. The lowest BCUT2D eigenvalue weighted by Gasteiger charge is -2.25. The zero-order chi connectivity index (χ0) is 20.2. The van der Waals surface area contributed by atoms with Crippen molar-refractivity contribution in [2.45, 2.75) is 38.1 Å². The number of halogens is 1. The van der Waals surface area contributed by atoms with Crippen LogP contribution < -0.4 is 5.56 Å². The van der Waals surface area contributed by atoms with Crippen LogP contribution in [-0.2, 0) is 11.3 Å². The van der Waals surface area contributed by atoms with E-state index in [4.69, 9.17) is 0 Å². The predicted octanol–water partition coefficient (Wildman–Crippen LogP) is 3.72. The fraction of sp³-hybridized carbons (Fsp3) is 0.348. The number of fused-ring (bicyclic) bond motifs is 1. The number of likely N-dealkylation sites (tertiary alicyclic amines) is 1. The molecular weight excluding hydrogens is 369 g/mol. The number of carbonyl (C=O) groups excluding carboxylic acids is 1. The second-order valence-corrected chi connectivity index (χ2v) is 7.59. The highest BCUT2D eigenvalue weighted by Gasteiger charge is 2.23. The van der Waals surface area contributed by atoms with Crippen molar-refractivity contribution in [3.8, 4) is 0 Å². The molecule has 0 bridgehead atoms. The number of nitrogens with zero attached hydrogens (tertiary/aromatic N) is 3. The molecule has 0 radical (unpaired) electrons. The molecule has 2 heterocycles. The number of benzene rings is 2. The van der Waals surface area contributed by atoms with Crippen LogP contribution in [0.3, 0.4) is 0 Å². The molecule has 1 amide bonds. The summed E-state index contributed by atoms with van der Waals surface area (Å²) in [5, 5.41) is 0.564. The maximum Gasteiger partial charge on any atom is 0.261 e. The van der Waals surface area contributed by atoms with Crippen molar-refractivity contribution in [1.29, 1.82) is 0 Å². The molecule has 2 aromatic carbocycles. The van der Waals surface area contributed by atoms with Crippen molar-refractivity contribution in [3.63, 3.8) is 0 Å².